The number of rotatable bonds is 10. The van der Waals surface area contributed by atoms with E-state index < -0.39 is 5.60 Å². The van der Waals surface area contributed by atoms with Crippen molar-refractivity contribution in [2.75, 3.05) is 6.54 Å². The molecule has 0 aliphatic rings. The van der Waals surface area contributed by atoms with E-state index in [9.17, 15) is 9.59 Å². The summed E-state index contributed by atoms with van der Waals surface area (Å²) in [7, 11) is 0. The van der Waals surface area contributed by atoms with E-state index in [2.05, 4.69) is 13.8 Å². The van der Waals surface area contributed by atoms with Gasteiger partial charge in [-0.05, 0) is 40.5 Å². The molecular weight excluding hydrogens is 278 g/mol. The van der Waals surface area contributed by atoms with Crippen LogP contribution < -0.4 is 0 Å². The molecule has 0 aliphatic carbocycles. The number of carbonyl (C=O) groups excluding carboxylic acids is 2. The van der Waals surface area contributed by atoms with Crippen molar-refractivity contribution in [3.8, 4) is 0 Å². The Morgan fingerprint density at radius 1 is 1.05 bits per heavy atom. The minimum absolute atomic E-state index is 0.161. The van der Waals surface area contributed by atoms with Crippen molar-refractivity contribution >= 4 is 11.9 Å². The monoisotopic (exact) mass is 313 g/mol. The molecule has 0 aromatic rings. The third-order valence-corrected chi connectivity index (χ3v) is 3.66. The van der Waals surface area contributed by atoms with Gasteiger partial charge in [-0.1, -0.05) is 33.1 Å². The third-order valence-electron chi connectivity index (χ3n) is 3.66. The van der Waals surface area contributed by atoms with Crippen molar-refractivity contribution in [3.05, 3.63) is 0 Å². The Kier molecular flexibility index (Phi) is 10.1. The average molecular weight is 313 g/mol. The molecular formula is C18H35NO3. The molecule has 0 aromatic carbocycles. The highest BCUT2D eigenvalue weighted by Crippen LogP contribution is 2.13. The first-order valence-electron chi connectivity index (χ1n) is 8.72. The minimum Gasteiger partial charge on any atom is -0.460 e. The summed E-state index contributed by atoms with van der Waals surface area (Å²) in [5.41, 5.74) is -0.470. The molecule has 0 radical (unpaired) electrons. The lowest BCUT2D eigenvalue weighted by molar-refractivity contribution is -0.155. The van der Waals surface area contributed by atoms with E-state index >= 15 is 0 Å². The van der Waals surface area contributed by atoms with Gasteiger partial charge in [0.25, 0.3) is 0 Å². The van der Waals surface area contributed by atoms with Crippen LogP contribution in [0.2, 0.25) is 0 Å². The smallest absolute Gasteiger partial charge is 0.308 e. The van der Waals surface area contributed by atoms with Gasteiger partial charge in [0, 0.05) is 19.0 Å². The molecule has 0 heterocycles. The predicted octanol–water partition coefficient (Wildman–Crippen LogP) is 4.32. The van der Waals surface area contributed by atoms with Crippen LogP contribution in [0.5, 0.6) is 0 Å². The lowest BCUT2D eigenvalue weighted by Gasteiger charge is -2.29. The van der Waals surface area contributed by atoms with E-state index in [1.807, 2.05) is 32.6 Å². The van der Waals surface area contributed by atoms with Gasteiger partial charge in [-0.15, -0.1) is 0 Å². The molecule has 0 aromatic heterocycles. The predicted molar refractivity (Wildman–Crippen MR) is 90.7 cm³/mol. The van der Waals surface area contributed by atoms with E-state index in [1.54, 1.807) is 0 Å². The van der Waals surface area contributed by atoms with Gasteiger partial charge in [0.05, 0.1) is 6.42 Å². The van der Waals surface area contributed by atoms with Crippen molar-refractivity contribution in [1.82, 2.24) is 4.90 Å². The third kappa shape index (κ3) is 9.80. The van der Waals surface area contributed by atoms with Crippen LogP contribution in [-0.4, -0.2) is 35.0 Å². The van der Waals surface area contributed by atoms with Gasteiger partial charge in [0.15, 0.2) is 0 Å². The number of amides is 1. The number of nitrogens with zero attached hydrogens (tertiary/aromatic N) is 1. The standard InChI is InChI=1S/C18H35NO3/c1-7-9-10-11-12-16(20)19(15(3)8-2)14-13-17(21)22-18(4,5)6/h15H,7-14H2,1-6H3. The molecule has 0 fully saturated rings. The zero-order chi connectivity index (χ0) is 17.2. The number of hydrogen-bond acceptors (Lipinski definition) is 3. The fraction of sp³-hybridized carbons (Fsp3) is 0.889. The van der Waals surface area contributed by atoms with E-state index in [0.29, 0.717) is 13.0 Å². The first-order chi connectivity index (χ1) is 10.2. The molecule has 0 aliphatic heterocycles. The molecule has 0 spiro atoms. The van der Waals surface area contributed by atoms with Crippen LogP contribution in [0, 0.1) is 0 Å². The average Bonchev–Trinajstić information content (AvgIpc) is 2.41. The quantitative estimate of drug-likeness (QED) is 0.446. The number of unbranched alkanes of at least 4 members (excludes halogenated alkanes) is 3. The zero-order valence-corrected chi connectivity index (χ0v) is 15.4. The van der Waals surface area contributed by atoms with Gasteiger partial charge in [0.2, 0.25) is 5.91 Å². The summed E-state index contributed by atoms with van der Waals surface area (Å²) in [5.74, 6) is -0.0754. The number of hydrogen-bond donors (Lipinski definition) is 0. The Balaban J connectivity index is 4.39. The molecule has 0 rings (SSSR count). The Morgan fingerprint density at radius 2 is 1.68 bits per heavy atom. The van der Waals surface area contributed by atoms with Crippen molar-refractivity contribution in [2.24, 2.45) is 0 Å². The Bertz CT molecular complexity index is 334. The van der Waals surface area contributed by atoms with Crippen LogP contribution in [0.25, 0.3) is 0 Å². The lowest BCUT2D eigenvalue weighted by atomic mass is 10.1. The lowest BCUT2D eigenvalue weighted by Crippen LogP contribution is -2.40. The molecule has 0 saturated carbocycles. The summed E-state index contributed by atoms with van der Waals surface area (Å²) in [6.45, 7) is 12.3. The van der Waals surface area contributed by atoms with Crippen molar-refractivity contribution in [2.45, 2.75) is 98.1 Å². The van der Waals surface area contributed by atoms with Crippen LogP contribution in [0.1, 0.15) is 86.5 Å². The molecule has 1 unspecified atom stereocenters. The SMILES string of the molecule is CCCCCCC(=O)N(CCC(=O)OC(C)(C)C)C(C)CC. The molecule has 130 valence electrons. The topological polar surface area (TPSA) is 46.6 Å². The van der Waals surface area contributed by atoms with Gasteiger partial charge in [-0.2, -0.15) is 0 Å². The molecule has 4 nitrogen and oxygen atoms in total. The van der Waals surface area contributed by atoms with Gasteiger partial charge < -0.3 is 9.64 Å². The molecule has 22 heavy (non-hydrogen) atoms. The second kappa shape index (κ2) is 10.6. The van der Waals surface area contributed by atoms with Gasteiger partial charge in [0.1, 0.15) is 5.60 Å². The van der Waals surface area contributed by atoms with E-state index in [4.69, 9.17) is 4.74 Å². The molecule has 1 atom stereocenters. The summed E-state index contributed by atoms with van der Waals surface area (Å²) in [6, 6.07) is 0.168. The summed E-state index contributed by atoms with van der Waals surface area (Å²) in [4.78, 5) is 26.1. The van der Waals surface area contributed by atoms with Crippen molar-refractivity contribution in [3.63, 3.8) is 0 Å². The molecule has 1 amide bonds. The Labute approximate surface area is 136 Å². The summed E-state index contributed by atoms with van der Waals surface area (Å²) >= 11 is 0. The second-order valence-corrected chi connectivity index (χ2v) is 6.99. The molecule has 0 saturated heterocycles. The van der Waals surface area contributed by atoms with Gasteiger partial charge in [-0.3, -0.25) is 9.59 Å². The van der Waals surface area contributed by atoms with E-state index in [-0.39, 0.29) is 24.3 Å². The fourth-order valence-electron chi connectivity index (χ4n) is 2.26. The fourth-order valence-corrected chi connectivity index (χ4v) is 2.26. The zero-order valence-electron chi connectivity index (χ0n) is 15.4. The van der Waals surface area contributed by atoms with Crippen molar-refractivity contribution < 1.29 is 14.3 Å². The highest BCUT2D eigenvalue weighted by molar-refractivity contribution is 5.77. The summed E-state index contributed by atoms with van der Waals surface area (Å²) in [6.07, 6.45) is 6.13. The minimum atomic E-state index is -0.470. The van der Waals surface area contributed by atoms with Crippen molar-refractivity contribution in [1.29, 1.82) is 0 Å². The summed E-state index contributed by atoms with van der Waals surface area (Å²) < 4.78 is 5.32. The van der Waals surface area contributed by atoms with Crippen LogP contribution >= 0.6 is 0 Å². The van der Waals surface area contributed by atoms with Crippen LogP contribution in [-0.2, 0) is 14.3 Å². The van der Waals surface area contributed by atoms with Crippen LogP contribution in [0.3, 0.4) is 0 Å². The summed E-state index contributed by atoms with van der Waals surface area (Å²) in [5, 5.41) is 0. The molecule has 4 heteroatoms. The van der Waals surface area contributed by atoms with Gasteiger partial charge >= 0.3 is 5.97 Å². The van der Waals surface area contributed by atoms with E-state index in [0.717, 1.165) is 19.3 Å². The maximum absolute atomic E-state index is 12.4. The maximum Gasteiger partial charge on any atom is 0.308 e. The van der Waals surface area contributed by atoms with Crippen LogP contribution in [0.15, 0.2) is 0 Å². The highest BCUT2D eigenvalue weighted by Gasteiger charge is 2.21. The maximum atomic E-state index is 12.4. The first kappa shape index (κ1) is 20.9. The number of ether oxygens (including phenoxy) is 1. The normalized spacial score (nSPS) is 12.8. The number of esters is 1. The Morgan fingerprint density at radius 3 is 2.18 bits per heavy atom. The molecule has 0 bridgehead atoms. The first-order valence-corrected chi connectivity index (χ1v) is 8.72. The van der Waals surface area contributed by atoms with Crippen LogP contribution in [0.4, 0.5) is 0 Å². The largest absolute Gasteiger partial charge is 0.460 e. The second-order valence-electron chi connectivity index (χ2n) is 6.99. The highest BCUT2D eigenvalue weighted by atomic mass is 16.6. The van der Waals surface area contributed by atoms with Gasteiger partial charge in [-0.25, -0.2) is 0 Å². The molecule has 0 N–H and O–H groups in total. The van der Waals surface area contributed by atoms with E-state index in [1.165, 1.54) is 12.8 Å². The Hall–Kier alpha value is -1.06. The number of carbonyl (C=O) groups is 2.